The average Bonchev–Trinajstić information content (AvgIpc) is 3.07. The fourth-order valence-electron chi connectivity index (χ4n) is 2.02. The first-order chi connectivity index (χ1) is 11.5. The van der Waals surface area contributed by atoms with Gasteiger partial charge < -0.3 is 9.73 Å². The monoisotopic (exact) mass is 327 g/mol. The van der Waals surface area contributed by atoms with Crippen LogP contribution in [0.5, 0.6) is 0 Å². The lowest BCUT2D eigenvalue weighted by Crippen LogP contribution is -2.20. The van der Waals surface area contributed by atoms with Crippen LogP contribution < -0.4 is 10.7 Å². The predicted octanol–water partition coefficient (Wildman–Crippen LogP) is 3.42. The van der Waals surface area contributed by atoms with Crippen molar-refractivity contribution in [2.45, 2.75) is 27.2 Å². The van der Waals surface area contributed by atoms with Crippen LogP contribution in [0.2, 0.25) is 0 Å². The smallest absolute Gasteiger partial charge is 0.291 e. The second-order valence-corrected chi connectivity index (χ2v) is 5.84. The highest BCUT2D eigenvalue weighted by Gasteiger charge is 2.09. The molecule has 24 heavy (non-hydrogen) atoms. The molecule has 2 rings (SSSR count). The first-order valence-electron chi connectivity index (χ1n) is 7.74. The maximum Gasteiger partial charge on any atom is 0.291 e. The molecule has 0 aliphatic heterocycles. The summed E-state index contributed by atoms with van der Waals surface area (Å²) < 4.78 is 5.04. The van der Waals surface area contributed by atoms with E-state index < -0.39 is 0 Å². The molecule has 0 aliphatic carbocycles. The quantitative estimate of drug-likeness (QED) is 0.630. The molecule has 0 bridgehead atoms. The molecule has 126 valence electrons. The zero-order chi connectivity index (χ0) is 17.5. The topological polar surface area (TPSA) is 83.7 Å². The van der Waals surface area contributed by atoms with Crippen LogP contribution in [-0.4, -0.2) is 17.5 Å². The highest BCUT2D eigenvalue weighted by Crippen LogP contribution is 2.12. The summed E-state index contributed by atoms with van der Waals surface area (Å²) in [5.74, 6) is 0.132. The predicted molar refractivity (Wildman–Crippen MR) is 92.9 cm³/mol. The van der Waals surface area contributed by atoms with Crippen LogP contribution >= 0.6 is 0 Å². The van der Waals surface area contributed by atoms with Gasteiger partial charge in [-0.3, -0.25) is 9.59 Å². The van der Waals surface area contributed by atoms with Crippen LogP contribution in [0.3, 0.4) is 0 Å². The minimum Gasteiger partial charge on any atom is -0.459 e. The molecular weight excluding hydrogens is 306 g/mol. The number of hydrogen-bond donors (Lipinski definition) is 2. The van der Waals surface area contributed by atoms with E-state index in [2.05, 4.69) is 15.8 Å². The summed E-state index contributed by atoms with van der Waals surface area (Å²) in [5.41, 5.74) is 4.74. The van der Waals surface area contributed by atoms with Gasteiger partial charge in [0.05, 0.1) is 12.0 Å². The molecule has 2 aromatic rings. The van der Waals surface area contributed by atoms with Crippen molar-refractivity contribution in [3.8, 4) is 0 Å². The molecule has 0 fully saturated rings. The molecule has 1 heterocycles. The van der Waals surface area contributed by atoms with Gasteiger partial charge in [-0.1, -0.05) is 26.0 Å². The number of carbonyl (C=O) groups excluding carboxylic acids is 2. The molecule has 0 atom stereocenters. The summed E-state index contributed by atoms with van der Waals surface area (Å²) in [5, 5.41) is 6.83. The SMILES string of the molecule is C/C(=N\NC(=O)CC(C)C)c1ccc(NC(=O)c2ccco2)cc1. The number of anilines is 1. The largest absolute Gasteiger partial charge is 0.459 e. The van der Waals surface area contributed by atoms with Gasteiger partial charge in [0.1, 0.15) is 0 Å². The first-order valence-corrected chi connectivity index (χ1v) is 7.74. The van der Waals surface area contributed by atoms with Crippen LogP contribution in [0.25, 0.3) is 0 Å². The number of nitrogens with zero attached hydrogens (tertiary/aromatic N) is 1. The molecule has 6 nitrogen and oxygen atoms in total. The number of benzene rings is 1. The molecule has 0 aliphatic rings. The van der Waals surface area contributed by atoms with Crippen molar-refractivity contribution in [3.63, 3.8) is 0 Å². The fraction of sp³-hybridized carbons (Fsp3) is 0.278. The average molecular weight is 327 g/mol. The molecule has 0 spiro atoms. The molecule has 0 unspecified atom stereocenters. The Labute approximate surface area is 140 Å². The van der Waals surface area contributed by atoms with Crippen molar-refractivity contribution in [1.29, 1.82) is 0 Å². The van der Waals surface area contributed by atoms with Gasteiger partial charge in [-0.05, 0) is 42.7 Å². The molecular formula is C18H21N3O3. The van der Waals surface area contributed by atoms with E-state index in [0.717, 1.165) is 5.56 Å². The molecule has 6 heteroatoms. The van der Waals surface area contributed by atoms with Gasteiger partial charge in [0, 0.05) is 12.1 Å². The second-order valence-electron chi connectivity index (χ2n) is 5.84. The fourth-order valence-corrected chi connectivity index (χ4v) is 2.02. The van der Waals surface area contributed by atoms with Gasteiger partial charge in [0.2, 0.25) is 5.91 Å². The van der Waals surface area contributed by atoms with E-state index in [-0.39, 0.29) is 23.5 Å². The third-order valence-corrected chi connectivity index (χ3v) is 3.25. The van der Waals surface area contributed by atoms with E-state index in [1.54, 1.807) is 24.3 Å². The van der Waals surface area contributed by atoms with E-state index in [1.165, 1.54) is 6.26 Å². The molecule has 0 saturated heterocycles. The third kappa shape index (κ3) is 5.08. The van der Waals surface area contributed by atoms with E-state index >= 15 is 0 Å². The summed E-state index contributed by atoms with van der Waals surface area (Å²) in [7, 11) is 0. The lowest BCUT2D eigenvalue weighted by molar-refractivity contribution is -0.121. The maximum atomic E-state index is 11.9. The van der Waals surface area contributed by atoms with Crippen molar-refractivity contribution < 1.29 is 14.0 Å². The first kappa shape index (κ1) is 17.5. The van der Waals surface area contributed by atoms with Crippen molar-refractivity contribution in [2.24, 2.45) is 11.0 Å². The van der Waals surface area contributed by atoms with Crippen molar-refractivity contribution in [1.82, 2.24) is 5.43 Å². The van der Waals surface area contributed by atoms with Crippen LogP contribution in [0.15, 0.2) is 52.2 Å². The summed E-state index contributed by atoms with van der Waals surface area (Å²) in [6.45, 7) is 5.77. The minimum atomic E-state index is -0.306. The van der Waals surface area contributed by atoms with E-state index in [9.17, 15) is 9.59 Å². The number of nitrogens with one attached hydrogen (secondary N) is 2. The lowest BCUT2D eigenvalue weighted by Gasteiger charge is -2.06. The zero-order valence-electron chi connectivity index (χ0n) is 14.0. The summed E-state index contributed by atoms with van der Waals surface area (Å²) in [4.78, 5) is 23.5. The Bertz CT molecular complexity index is 716. The summed E-state index contributed by atoms with van der Waals surface area (Å²) in [6, 6.07) is 10.4. The second kappa shape index (κ2) is 8.10. The van der Waals surface area contributed by atoms with Crippen LogP contribution in [0.4, 0.5) is 5.69 Å². The van der Waals surface area contributed by atoms with Crippen LogP contribution in [-0.2, 0) is 4.79 Å². The molecule has 1 aromatic carbocycles. The highest BCUT2D eigenvalue weighted by molar-refractivity contribution is 6.03. The van der Waals surface area contributed by atoms with E-state index in [4.69, 9.17) is 4.42 Å². The number of rotatable bonds is 6. The highest BCUT2D eigenvalue weighted by atomic mass is 16.3. The Morgan fingerprint density at radius 3 is 2.46 bits per heavy atom. The van der Waals surface area contributed by atoms with Gasteiger partial charge in [-0.15, -0.1) is 0 Å². The van der Waals surface area contributed by atoms with Crippen LogP contribution in [0, 0.1) is 5.92 Å². The van der Waals surface area contributed by atoms with E-state index in [0.29, 0.717) is 17.8 Å². The number of hydrogen-bond acceptors (Lipinski definition) is 4. The van der Waals surface area contributed by atoms with Crippen molar-refractivity contribution in [2.75, 3.05) is 5.32 Å². The van der Waals surface area contributed by atoms with Gasteiger partial charge in [-0.25, -0.2) is 5.43 Å². The van der Waals surface area contributed by atoms with Gasteiger partial charge in [-0.2, -0.15) is 5.10 Å². The summed E-state index contributed by atoms with van der Waals surface area (Å²) in [6.07, 6.45) is 1.89. The normalized spacial score (nSPS) is 11.4. The van der Waals surface area contributed by atoms with Crippen molar-refractivity contribution in [3.05, 3.63) is 54.0 Å². The molecule has 0 radical (unpaired) electrons. The number of carbonyl (C=O) groups is 2. The number of amides is 2. The van der Waals surface area contributed by atoms with Crippen LogP contribution in [0.1, 0.15) is 43.3 Å². The van der Waals surface area contributed by atoms with Gasteiger partial charge >= 0.3 is 0 Å². The summed E-state index contributed by atoms with van der Waals surface area (Å²) >= 11 is 0. The molecule has 2 N–H and O–H groups in total. The maximum absolute atomic E-state index is 11.9. The Morgan fingerprint density at radius 2 is 1.88 bits per heavy atom. The van der Waals surface area contributed by atoms with E-state index in [1.807, 2.05) is 32.9 Å². The number of furan rings is 1. The lowest BCUT2D eigenvalue weighted by atomic mass is 10.1. The zero-order valence-corrected chi connectivity index (χ0v) is 14.0. The standard InChI is InChI=1S/C18H21N3O3/c1-12(2)11-17(22)21-20-13(3)14-6-8-15(9-7-14)19-18(23)16-5-4-10-24-16/h4-10,12H,11H2,1-3H3,(H,19,23)(H,21,22)/b20-13+. The third-order valence-electron chi connectivity index (χ3n) is 3.25. The van der Waals surface area contributed by atoms with Gasteiger partial charge in [0.15, 0.2) is 5.76 Å². The van der Waals surface area contributed by atoms with Gasteiger partial charge in [0.25, 0.3) is 5.91 Å². The molecule has 0 saturated carbocycles. The Hall–Kier alpha value is -2.89. The van der Waals surface area contributed by atoms with Crippen molar-refractivity contribution >= 4 is 23.2 Å². The Balaban J connectivity index is 1.95. The number of hydrazone groups is 1. The molecule has 2 amide bonds. The Kier molecular flexibility index (Phi) is 5.89. The molecule has 1 aromatic heterocycles. The Morgan fingerprint density at radius 1 is 1.17 bits per heavy atom. The minimum absolute atomic E-state index is 0.105.